The molecule has 78 valence electrons. The molecule has 0 N–H and O–H groups in total. The van der Waals surface area contributed by atoms with Gasteiger partial charge in [-0.1, -0.05) is 6.92 Å². The van der Waals surface area contributed by atoms with Gasteiger partial charge in [-0.3, -0.25) is 0 Å². The zero-order chi connectivity index (χ0) is 10.6. The molecule has 0 aromatic carbocycles. The van der Waals surface area contributed by atoms with E-state index in [4.69, 9.17) is 0 Å². The van der Waals surface area contributed by atoms with Crippen LogP contribution in [-0.4, -0.2) is 9.38 Å². The predicted octanol–water partition coefficient (Wildman–Crippen LogP) is 3.00. The summed E-state index contributed by atoms with van der Waals surface area (Å²) in [5, 5.41) is 0. The predicted molar refractivity (Wildman–Crippen MR) is 61.3 cm³/mol. The third kappa shape index (κ3) is 1.21. The van der Waals surface area contributed by atoms with E-state index in [1.807, 2.05) is 0 Å². The summed E-state index contributed by atoms with van der Waals surface area (Å²) in [6.07, 6.45) is 4.65. The van der Waals surface area contributed by atoms with Gasteiger partial charge in [0.2, 0.25) is 0 Å². The van der Waals surface area contributed by atoms with E-state index in [1.165, 1.54) is 29.8 Å². The highest BCUT2D eigenvalue weighted by Gasteiger charge is 2.41. The fourth-order valence-electron chi connectivity index (χ4n) is 2.35. The van der Waals surface area contributed by atoms with Crippen LogP contribution in [0.4, 0.5) is 0 Å². The molecule has 3 rings (SSSR count). The molecule has 1 saturated carbocycles. The number of aromatic nitrogens is 2. The molecular weight excluding hydrogens is 184 g/mol. The van der Waals surface area contributed by atoms with Crippen molar-refractivity contribution >= 4 is 5.65 Å². The monoisotopic (exact) mass is 200 g/mol. The molecule has 0 bridgehead atoms. The number of hydrogen-bond donors (Lipinski definition) is 0. The minimum absolute atomic E-state index is 0.388. The van der Waals surface area contributed by atoms with Crippen molar-refractivity contribution in [1.82, 2.24) is 9.38 Å². The number of rotatable bonds is 1. The molecule has 2 heterocycles. The fourth-order valence-corrected chi connectivity index (χ4v) is 2.35. The Morgan fingerprint density at radius 1 is 1.27 bits per heavy atom. The van der Waals surface area contributed by atoms with Crippen molar-refractivity contribution in [3.8, 4) is 0 Å². The minimum Gasteiger partial charge on any atom is -0.301 e. The van der Waals surface area contributed by atoms with Crippen molar-refractivity contribution in [1.29, 1.82) is 0 Å². The van der Waals surface area contributed by atoms with Crippen LogP contribution in [0.1, 0.15) is 36.7 Å². The van der Waals surface area contributed by atoms with Crippen molar-refractivity contribution in [2.75, 3.05) is 0 Å². The Balaban J connectivity index is 2.33. The number of pyridine rings is 1. The molecule has 0 saturated heterocycles. The summed E-state index contributed by atoms with van der Waals surface area (Å²) in [7, 11) is 0. The molecule has 1 aliphatic rings. The number of nitrogens with zero attached hydrogens (tertiary/aromatic N) is 2. The first-order valence-corrected chi connectivity index (χ1v) is 5.55. The summed E-state index contributed by atoms with van der Waals surface area (Å²) < 4.78 is 2.31. The van der Waals surface area contributed by atoms with E-state index in [9.17, 15) is 0 Å². The quantitative estimate of drug-likeness (QED) is 0.691. The lowest BCUT2D eigenvalue weighted by molar-refractivity contribution is 0.732. The van der Waals surface area contributed by atoms with E-state index in [-0.39, 0.29) is 0 Å². The van der Waals surface area contributed by atoms with Gasteiger partial charge in [-0.2, -0.15) is 0 Å². The Labute approximate surface area is 90.0 Å². The van der Waals surface area contributed by atoms with Gasteiger partial charge < -0.3 is 4.40 Å². The Hall–Kier alpha value is -1.31. The highest BCUT2D eigenvalue weighted by molar-refractivity contribution is 5.47. The average Bonchev–Trinajstić information content (AvgIpc) is 2.76. The van der Waals surface area contributed by atoms with E-state index in [0.29, 0.717) is 5.41 Å². The molecule has 0 spiro atoms. The second kappa shape index (κ2) is 2.63. The smallest absolute Gasteiger partial charge is 0.137 e. The van der Waals surface area contributed by atoms with Gasteiger partial charge in [0.25, 0.3) is 0 Å². The first-order valence-electron chi connectivity index (χ1n) is 5.55. The maximum absolute atomic E-state index is 4.51. The number of aryl methyl sites for hydroxylation is 2. The highest BCUT2D eigenvalue weighted by atomic mass is 15.0. The number of hydrogen-bond acceptors (Lipinski definition) is 1. The number of imidazole rings is 1. The molecule has 1 aliphatic carbocycles. The Morgan fingerprint density at radius 3 is 2.67 bits per heavy atom. The molecule has 0 aliphatic heterocycles. The lowest BCUT2D eigenvalue weighted by atomic mass is 10.1. The molecule has 0 unspecified atom stereocenters. The third-order valence-corrected chi connectivity index (χ3v) is 3.55. The van der Waals surface area contributed by atoms with Crippen molar-refractivity contribution in [2.24, 2.45) is 0 Å². The largest absolute Gasteiger partial charge is 0.301 e. The zero-order valence-electron chi connectivity index (χ0n) is 9.54. The van der Waals surface area contributed by atoms with E-state index < -0.39 is 0 Å². The maximum atomic E-state index is 4.51. The zero-order valence-corrected chi connectivity index (χ0v) is 9.54. The fraction of sp³-hybridized carbons (Fsp3) is 0.462. The van der Waals surface area contributed by atoms with Gasteiger partial charge >= 0.3 is 0 Å². The molecule has 2 aromatic rings. The summed E-state index contributed by atoms with van der Waals surface area (Å²) in [6.45, 7) is 6.62. The molecule has 2 nitrogen and oxygen atoms in total. The van der Waals surface area contributed by atoms with Crippen LogP contribution < -0.4 is 0 Å². The normalized spacial score (nSPS) is 18.3. The molecule has 1 fully saturated rings. The summed E-state index contributed by atoms with van der Waals surface area (Å²) in [5.74, 6) is 0. The van der Waals surface area contributed by atoms with Crippen LogP contribution in [0.2, 0.25) is 0 Å². The van der Waals surface area contributed by atoms with Crippen LogP contribution in [0.25, 0.3) is 5.65 Å². The maximum Gasteiger partial charge on any atom is 0.137 e. The summed E-state index contributed by atoms with van der Waals surface area (Å²) >= 11 is 0. The van der Waals surface area contributed by atoms with Gasteiger partial charge in [0.05, 0.1) is 0 Å². The molecular formula is C13H16N2. The van der Waals surface area contributed by atoms with Gasteiger partial charge in [-0.15, -0.1) is 0 Å². The van der Waals surface area contributed by atoms with Crippen LogP contribution in [0.15, 0.2) is 18.3 Å². The van der Waals surface area contributed by atoms with Crippen molar-refractivity contribution in [3.63, 3.8) is 0 Å². The topological polar surface area (TPSA) is 17.3 Å². The summed E-state index contributed by atoms with van der Waals surface area (Å²) in [4.78, 5) is 4.51. The molecule has 0 atom stereocenters. The second-order valence-electron chi connectivity index (χ2n) is 5.07. The van der Waals surface area contributed by atoms with E-state index in [0.717, 1.165) is 5.65 Å². The Kier molecular flexibility index (Phi) is 1.57. The van der Waals surface area contributed by atoms with E-state index in [2.05, 4.69) is 48.5 Å². The number of fused-ring (bicyclic) bond motifs is 1. The van der Waals surface area contributed by atoms with Gasteiger partial charge in [0.15, 0.2) is 0 Å². The average molecular weight is 200 g/mol. The van der Waals surface area contributed by atoms with Gasteiger partial charge in [-0.05, 0) is 44.4 Å². The highest BCUT2D eigenvalue weighted by Crippen LogP contribution is 2.47. The second-order valence-corrected chi connectivity index (χ2v) is 5.07. The van der Waals surface area contributed by atoms with Crippen molar-refractivity contribution < 1.29 is 0 Å². The lowest BCUT2D eigenvalue weighted by Gasteiger charge is -2.11. The van der Waals surface area contributed by atoms with Crippen molar-refractivity contribution in [2.45, 2.75) is 39.0 Å². The van der Waals surface area contributed by atoms with Crippen LogP contribution in [0.5, 0.6) is 0 Å². The third-order valence-electron chi connectivity index (χ3n) is 3.55. The Morgan fingerprint density at radius 2 is 2.00 bits per heavy atom. The van der Waals surface area contributed by atoms with E-state index in [1.54, 1.807) is 0 Å². The minimum atomic E-state index is 0.388. The summed E-state index contributed by atoms with van der Waals surface area (Å²) in [5.41, 5.74) is 5.45. The standard InChI is InChI=1S/C13H16N2/c1-9-6-10(2)15-11(13(3)4-5-13)8-14-12(15)7-9/h6-8H,4-5H2,1-3H3. The molecule has 0 radical (unpaired) electrons. The van der Waals surface area contributed by atoms with Gasteiger partial charge in [-0.25, -0.2) is 4.98 Å². The van der Waals surface area contributed by atoms with Crippen LogP contribution >= 0.6 is 0 Å². The van der Waals surface area contributed by atoms with Crippen LogP contribution in [-0.2, 0) is 5.41 Å². The van der Waals surface area contributed by atoms with Gasteiger partial charge in [0, 0.05) is 23.0 Å². The van der Waals surface area contributed by atoms with Crippen molar-refractivity contribution in [3.05, 3.63) is 35.3 Å². The molecule has 2 aromatic heterocycles. The molecule has 0 amide bonds. The Bertz CT molecular complexity index is 533. The van der Waals surface area contributed by atoms with Gasteiger partial charge in [0.1, 0.15) is 5.65 Å². The first kappa shape index (κ1) is 8.96. The van der Waals surface area contributed by atoms with Crippen LogP contribution in [0, 0.1) is 13.8 Å². The molecule has 2 heteroatoms. The lowest BCUT2D eigenvalue weighted by Crippen LogP contribution is -2.06. The first-order chi connectivity index (χ1) is 7.10. The van der Waals surface area contributed by atoms with Crippen LogP contribution in [0.3, 0.4) is 0 Å². The van der Waals surface area contributed by atoms with E-state index >= 15 is 0 Å². The SMILES string of the molecule is Cc1cc(C)n2c(C3(C)CC3)cnc2c1. The summed E-state index contributed by atoms with van der Waals surface area (Å²) in [6, 6.07) is 4.38. The molecule has 15 heavy (non-hydrogen) atoms.